The zero-order chi connectivity index (χ0) is 21.0. The van der Waals surface area contributed by atoms with E-state index in [1.54, 1.807) is 21.1 Å². The fraction of sp³-hybridized carbons (Fsp3) is 0.364. The smallest absolute Gasteiger partial charge is 0.338 e. The van der Waals surface area contributed by atoms with E-state index in [9.17, 15) is 9.59 Å². The summed E-state index contributed by atoms with van der Waals surface area (Å²) in [6.45, 7) is 4.55. The number of hydrogen-bond acceptors (Lipinski definition) is 5. The van der Waals surface area contributed by atoms with Gasteiger partial charge in [-0.25, -0.2) is 9.59 Å². The summed E-state index contributed by atoms with van der Waals surface area (Å²) in [7, 11) is 3.17. The largest absolute Gasteiger partial charge is 0.497 e. The van der Waals surface area contributed by atoms with Gasteiger partial charge in [-0.05, 0) is 48.4 Å². The third-order valence-corrected chi connectivity index (χ3v) is 5.06. The molecule has 7 nitrogen and oxygen atoms in total. The summed E-state index contributed by atoms with van der Waals surface area (Å²) in [4.78, 5) is 27.0. The second kappa shape index (κ2) is 8.96. The van der Waals surface area contributed by atoms with Crippen LogP contribution in [0.2, 0.25) is 0 Å². The molecule has 0 unspecified atom stereocenters. The number of ether oxygens (including phenoxy) is 3. The van der Waals surface area contributed by atoms with Gasteiger partial charge >= 0.3 is 12.0 Å². The highest BCUT2D eigenvalue weighted by Crippen LogP contribution is 2.33. The van der Waals surface area contributed by atoms with Gasteiger partial charge in [0.2, 0.25) is 0 Å². The fourth-order valence-corrected chi connectivity index (χ4v) is 3.52. The molecule has 7 heteroatoms. The maximum atomic E-state index is 12.9. The summed E-state index contributed by atoms with van der Waals surface area (Å²) >= 11 is 0. The number of benzene rings is 2. The van der Waals surface area contributed by atoms with Crippen molar-refractivity contribution in [2.45, 2.75) is 19.9 Å². The lowest BCUT2D eigenvalue weighted by atomic mass is 9.93. The summed E-state index contributed by atoms with van der Waals surface area (Å²) in [5, 5.41) is 4.94. The number of hydrogen-bond donors (Lipinski definition) is 1. The van der Waals surface area contributed by atoms with Crippen molar-refractivity contribution in [3.05, 3.63) is 53.2 Å². The van der Waals surface area contributed by atoms with Crippen LogP contribution in [0.4, 0.5) is 4.79 Å². The number of carbonyl (C=O) groups is 2. The van der Waals surface area contributed by atoms with E-state index in [0.29, 0.717) is 24.4 Å². The van der Waals surface area contributed by atoms with Crippen molar-refractivity contribution in [1.82, 2.24) is 10.2 Å². The van der Waals surface area contributed by atoms with Crippen LogP contribution in [0.15, 0.2) is 47.7 Å². The average Bonchev–Trinajstić information content (AvgIpc) is 2.72. The Labute approximate surface area is 170 Å². The monoisotopic (exact) mass is 398 g/mol. The number of rotatable bonds is 7. The first kappa shape index (κ1) is 20.7. The molecule has 2 aromatic carbocycles. The molecule has 0 aliphatic carbocycles. The first-order chi connectivity index (χ1) is 14.0. The number of esters is 1. The summed E-state index contributed by atoms with van der Waals surface area (Å²) in [5.74, 6) is 0.311. The Morgan fingerprint density at radius 3 is 2.52 bits per heavy atom. The number of fused-ring (bicyclic) bond motifs is 1. The second-order valence-electron chi connectivity index (χ2n) is 6.73. The summed E-state index contributed by atoms with van der Waals surface area (Å²) < 4.78 is 15.6. The van der Waals surface area contributed by atoms with Gasteiger partial charge in [0, 0.05) is 19.4 Å². The van der Waals surface area contributed by atoms with Crippen LogP contribution in [0, 0.1) is 0 Å². The molecular weight excluding hydrogens is 372 g/mol. The summed E-state index contributed by atoms with van der Waals surface area (Å²) in [5.41, 5.74) is 1.83. The van der Waals surface area contributed by atoms with Crippen molar-refractivity contribution in [2.24, 2.45) is 0 Å². The van der Waals surface area contributed by atoms with Gasteiger partial charge in [0.05, 0.1) is 25.3 Å². The van der Waals surface area contributed by atoms with Gasteiger partial charge in [0.25, 0.3) is 0 Å². The first-order valence-electron chi connectivity index (χ1n) is 9.52. The molecule has 1 aliphatic rings. The molecule has 0 bridgehead atoms. The molecule has 2 aromatic rings. The zero-order valence-electron chi connectivity index (χ0n) is 17.2. The minimum Gasteiger partial charge on any atom is -0.497 e. The number of nitrogens with zero attached hydrogens (tertiary/aromatic N) is 1. The van der Waals surface area contributed by atoms with Gasteiger partial charge < -0.3 is 19.5 Å². The normalized spacial score (nSPS) is 16.8. The maximum Gasteiger partial charge on any atom is 0.338 e. The number of urea groups is 1. The SMILES string of the molecule is CCN1C(=O)N[C@H](c2ccc3cc(OC)ccc3c2)C(C(=O)OCCOC)=C1C. The molecule has 0 aromatic heterocycles. The molecule has 0 spiro atoms. The van der Waals surface area contributed by atoms with Crippen LogP contribution in [0.25, 0.3) is 10.8 Å². The number of amides is 2. The van der Waals surface area contributed by atoms with E-state index >= 15 is 0 Å². The van der Waals surface area contributed by atoms with Gasteiger partial charge in [-0.3, -0.25) is 4.90 Å². The molecule has 1 N–H and O–H groups in total. The van der Waals surface area contributed by atoms with Crippen LogP contribution < -0.4 is 10.1 Å². The van der Waals surface area contributed by atoms with Crippen LogP contribution in [0.3, 0.4) is 0 Å². The summed E-state index contributed by atoms with van der Waals surface area (Å²) in [6, 6.07) is 10.8. The van der Waals surface area contributed by atoms with Crippen LogP contribution in [-0.2, 0) is 14.3 Å². The minimum absolute atomic E-state index is 0.149. The van der Waals surface area contributed by atoms with E-state index in [-0.39, 0.29) is 12.6 Å². The van der Waals surface area contributed by atoms with E-state index in [1.165, 1.54) is 4.90 Å². The lowest BCUT2D eigenvalue weighted by molar-refractivity contribution is -0.140. The van der Waals surface area contributed by atoms with Gasteiger partial charge in [-0.15, -0.1) is 0 Å². The minimum atomic E-state index is -0.591. The molecule has 1 heterocycles. The quantitative estimate of drug-likeness (QED) is 0.571. The van der Waals surface area contributed by atoms with Crippen molar-refractivity contribution in [3.8, 4) is 5.75 Å². The molecule has 154 valence electrons. The van der Waals surface area contributed by atoms with Crippen LogP contribution in [0.5, 0.6) is 5.75 Å². The van der Waals surface area contributed by atoms with E-state index < -0.39 is 12.0 Å². The topological polar surface area (TPSA) is 77.1 Å². The lowest BCUT2D eigenvalue weighted by Crippen LogP contribution is -2.47. The summed E-state index contributed by atoms with van der Waals surface area (Å²) in [6.07, 6.45) is 0. The van der Waals surface area contributed by atoms with Crippen molar-refractivity contribution in [3.63, 3.8) is 0 Å². The van der Waals surface area contributed by atoms with Crippen molar-refractivity contribution >= 4 is 22.8 Å². The molecule has 29 heavy (non-hydrogen) atoms. The third-order valence-electron chi connectivity index (χ3n) is 5.06. The van der Waals surface area contributed by atoms with Crippen LogP contribution in [0.1, 0.15) is 25.5 Å². The molecule has 0 fully saturated rings. The number of carbonyl (C=O) groups excluding carboxylic acids is 2. The van der Waals surface area contributed by atoms with E-state index in [2.05, 4.69) is 5.32 Å². The van der Waals surface area contributed by atoms with Crippen LogP contribution in [-0.4, -0.2) is 50.9 Å². The number of allylic oxidation sites excluding steroid dienone is 1. The predicted molar refractivity (Wildman–Crippen MR) is 110 cm³/mol. The molecule has 3 rings (SSSR count). The number of nitrogens with one attached hydrogen (secondary N) is 1. The van der Waals surface area contributed by atoms with E-state index in [0.717, 1.165) is 22.1 Å². The van der Waals surface area contributed by atoms with Gasteiger partial charge in [0.15, 0.2) is 0 Å². The first-order valence-corrected chi connectivity index (χ1v) is 9.52. The second-order valence-corrected chi connectivity index (χ2v) is 6.73. The van der Waals surface area contributed by atoms with Crippen molar-refractivity contribution in [2.75, 3.05) is 34.0 Å². The highest BCUT2D eigenvalue weighted by molar-refractivity contribution is 5.95. The average molecular weight is 398 g/mol. The highest BCUT2D eigenvalue weighted by atomic mass is 16.6. The fourth-order valence-electron chi connectivity index (χ4n) is 3.52. The molecule has 0 saturated carbocycles. The molecule has 0 radical (unpaired) electrons. The Hall–Kier alpha value is -3.06. The third kappa shape index (κ3) is 4.19. The molecule has 1 aliphatic heterocycles. The maximum absolute atomic E-state index is 12.9. The van der Waals surface area contributed by atoms with Gasteiger partial charge in [-0.1, -0.05) is 18.2 Å². The molecular formula is C22H26N2O5. The Balaban J connectivity index is 2.02. The molecule has 0 saturated heterocycles. The number of methoxy groups -OCH3 is 2. The van der Waals surface area contributed by atoms with E-state index in [4.69, 9.17) is 14.2 Å². The van der Waals surface area contributed by atoms with E-state index in [1.807, 2.05) is 43.3 Å². The van der Waals surface area contributed by atoms with Crippen molar-refractivity contribution < 1.29 is 23.8 Å². The Morgan fingerprint density at radius 1 is 1.10 bits per heavy atom. The van der Waals surface area contributed by atoms with Crippen LogP contribution >= 0.6 is 0 Å². The van der Waals surface area contributed by atoms with Gasteiger partial charge in [-0.2, -0.15) is 0 Å². The molecule has 1 atom stereocenters. The molecule has 2 amide bonds. The zero-order valence-corrected chi connectivity index (χ0v) is 17.2. The lowest BCUT2D eigenvalue weighted by Gasteiger charge is -2.35. The predicted octanol–water partition coefficient (Wildman–Crippen LogP) is 3.40. The Bertz CT molecular complexity index is 953. The Kier molecular flexibility index (Phi) is 6.39. The Morgan fingerprint density at radius 2 is 1.83 bits per heavy atom. The highest BCUT2D eigenvalue weighted by Gasteiger charge is 2.35. The van der Waals surface area contributed by atoms with Crippen molar-refractivity contribution in [1.29, 1.82) is 0 Å². The standard InChI is InChI=1S/C22H26N2O5/c1-5-24-14(2)19(21(25)29-11-10-27-3)20(23-22(24)26)17-7-6-16-13-18(28-4)9-8-15(16)12-17/h6-9,12-13,20H,5,10-11H2,1-4H3,(H,23,26)/t20-/m1/s1. The van der Waals surface area contributed by atoms with Gasteiger partial charge in [0.1, 0.15) is 12.4 Å².